The molecule has 0 radical (unpaired) electrons. The zero-order valence-electron chi connectivity index (χ0n) is 20.0. The summed E-state index contributed by atoms with van der Waals surface area (Å²) in [5, 5.41) is 0. The molecule has 1 aliphatic carbocycles. The minimum atomic E-state index is 0. The van der Waals surface area contributed by atoms with Crippen LogP contribution in [0.4, 0.5) is 0 Å². The van der Waals surface area contributed by atoms with Gasteiger partial charge in [-0.1, -0.05) is 55.0 Å². The number of nitrogens with zero attached hydrogens (tertiary/aromatic N) is 1. The van der Waals surface area contributed by atoms with Crippen molar-refractivity contribution in [3.05, 3.63) is 95.1 Å². The lowest BCUT2D eigenvalue weighted by Gasteiger charge is -2.26. The van der Waals surface area contributed by atoms with E-state index in [2.05, 4.69) is 77.7 Å². The summed E-state index contributed by atoms with van der Waals surface area (Å²) in [6, 6.07) is 25.9. The lowest BCUT2D eigenvalue weighted by Crippen LogP contribution is -2.33. The van der Waals surface area contributed by atoms with Crippen molar-refractivity contribution in [1.29, 1.82) is 0 Å². The minimum absolute atomic E-state index is 0. The number of methoxy groups -OCH3 is 1. The van der Waals surface area contributed by atoms with Crippen molar-refractivity contribution in [3.8, 4) is 11.5 Å². The van der Waals surface area contributed by atoms with E-state index in [-0.39, 0.29) is 12.4 Å². The van der Waals surface area contributed by atoms with Crippen molar-refractivity contribution >= 4 is 23.6 Å². The first-order valence-corrected chi connectivity index (χ1v) is 12.2. The fourth-order valence-electron chi connectivity index (χ4n) is 5.15. The van der Waals surface area contributed by atoms with Gasteiger partial charge in [0.05, 0.1) is 7.11 Å². The van der Waals surface area contributed by atoms with Crippen LogP contribution in [-0.4, -0.2) is 38.3 Å². The molecule has 1 heterocycles. The summed E-state index contributed by atoms with van der Waals surface area (Å²) in [7, 11) is 1.74. The number of hydrogen-bond donors (Lipinski definition) is 0. The Hall–Kier alpha value is -2.75. The van der Waals surface area contributed by atoms with Crippen LogP contribution in [0.1, 0.15) is 47.9 Å². The summed E-state index contributed by atoms with van der Waals surface area (Å²) in [6.07, 6.45) is 6.06. The van der Waals surface area contributed by atoms with Crippen LogP contribution >= 0.6 is 12.4 Å². The molecule has 0 unspecified atom stereocenters. The van der Waals surface area contributed by atoms with Crippen LogP contribution in [0.25, 0.3) is 11.1 Å². The van der Waals surface area contributed by atoms with Crippen LogP contribution in [0.3, 0.4) is 0 Å². The van der Waals surface area contributed by atoms with Gasteiger partial charge >= 0.3 is 0 Å². The number of likely N-dealkylation sites (tertiary alicyclic amines) is 1. The fraction of sp³-hybridized carbons (Fsp3) is 0.333. The molecule has 0 bridgehead atoms. The minimum Gasteiger partial charge on any atom is -0.497 e. The molecule has 178 valence electrons. The van der Waals surface area contributed by atoms with Gasteiger partial charge in [-0.25, -0.2) is 0 Å². The number of ether oxygens (including phenoxy) is 2. The Bertz CT molecular complexity index is 1100. The number of piperidine rings is 1. The van der Waals surface area contributed by atoms with Crippen molar-refractivity contribution in [2.24, 2.45) is 0 Å². The van der Waals surface area contributed by atoms with Crippen molar-refractivity contribution in [1.82, 2.24) is 4.90 Å². The van der Waals surface area contributed by atoms with Crippen LogP contribution in [0.15, 0.2) is 72.8 Å². The Morgan fingerprint density at radius 3 is 2.24 bits per heavy atom. The van der Waals surface area contributed by atoms with Crippen molar-refractivity contribution in [3.63, 3.8) is 0 Å². The van der Waals surface area contributed by atoms with E-state index in [1.54, 1.807) is 7.11 Å². The van der Waals surface area contributed by atoms with Gasteiger partial charge in [0.25, 0.3) is 0 Å². The molecule has 5 rings (SSSR count). The van der Waals surface area contributed by atoms with Gasteiger partial charge in [0.1, 0.15) is 18.1 Å². The Balaban J connectivity index is 0.00000274. The Morgan fingerprint density at radius 1 is 0.765 bits per heavy atom. The molecule has 2 aliphatic rings. The topological polar surface area (TPSA) is 21.7 Å². The van der Waals surface area contributed by atoms with E-state index >= 15 is 0 Å². The van der Waals surface area contributed by atoms with E-state index in [1.165, 1.54) is 65.8 Å². The summed E-state index contributed by atoms with van der Waals surface area (Å²) in [4.78, 5) is 2.52. The molecule has 1 fully saturated rings. The Kier molecular flexibility index (Phi) is 8.31. The lowest BCUT2D eigenvalue weighted by molar-refractivity contribution is 0.183. The molecule has 0 spiro atoms. The van der Waals surface area contributed by atoms with Gasteiger partial charge in [0.15, 0.2) is 0 Å². The third-order valence-corrected chi connectivity index (χ3v) is 6.92. The molecule has 1 saturated heterocycles. The van der Waals surface area contributed by atoms with Crippen molar-refractivity contribution in [2.45, 2.75) is 32.1 Å². The highest BCUT2D eigenvalue weighted by atomic mass is 35.5. The van der Waals surface area contributed by atoms with E-state index < -0.39 is 0 Å². The molecule has 3 aromatic carbocycles. The first-order chi connectivity index (χ1) is 16.3. The monoisotopic (exact) mass is 475 g/mol. The largest absolute Gasteiger partial charge is 0.497 e. The number of allylic oxidation sites excluding steroid dienone is 1. The van der Waals surface area contributed by atoms with E-state index in [1.807, 2.05) is 0 Å². The zero-order valence-corrected chi connectivity index (χ0v) is 20.8. The number of aryl methyl sites for hydroxylation is 1. The second-order valence-corrected chi connectivity index (χ2v) is 9.02. The third-order valence-electron chi connectivity index (χ3n) is 6.92. The smallest absolute Gasteiger partial charge is 0.119 e. The summed E-state index contributed by atoms with van der Waals surface area (Å²) < 4.78 is 11.6. The number of fused-ring (bicyclic) bond motifs is 1. The average Bonchev–Trinajstić information content (AvgIpc) is 2.89. The molecule has 0 saturated carbocycles. The van der Waals surface area contributed by atoms with Crippen LogP contribution in [0.2, 0.25) is 0 Å². The van der Waals surface area contributed by atoms with Crippen molar-refractivity contribution < 1.29 is 9.47 Å². The van der Waals surface area contributed by atoms with Crippen LogP contribution in [0.5, 0.6) is 11.5 Å². The van der Waals surface area contributed by atoms with Gasteiger partial charge < -0.3 is 9.47 Å². The second kappa shape index (κ2) is 11.6. The maximum absolute atomic E-state index is 6.09. The molecule has 0 N–H and O–H groups in total. The maximum atomic E-state index is 6.09. The highest BCUT2D eigenvalue weighted by Crippen LogP contribution is 2.42. The predicted octanol–water partition coefficient (Wildman–Crippen LogP) is 6.89. The van der Waals surface area contributed by atoms with E-state index in [4.69, 9.17) is 9.47 Å². The van der Waals surface area contributed by atoms with Crippen LogP contribution in [-0.2, 0) is 6.42 Å². The standard InChI is InChI=1S/C30H33NO2.ClH/c1-32-27-15-17-29-25(22-27)12-16-28(23-8-4-2-5-9-23)30(29)24-10-13-26(14-11-24)33-21-20-31-18-6-3-7-19-31;/h2,4-5,8-11,13-15,17,22H,3,6-7,12,16,18-21H2,1H3;1H. The molecule has 0 atom stereocenters. The molecule has 4 heteroatoms. The van der Waals surface area contributed by atoms with Crippen LogP contribution in [0, 0.1) is 0 Å². The van der Waals surface area contributed by atoms with E-state index in [0.29, 0.717) is 0 Å². The fourth-order valence-corrected chi connectivity index (χ4v) is 5.15. The molecular formula is C30H34ClNO2. The molecule has 3 aromatic rings. The van der Waals surface area contributed by atoms with E-state index in [0.717, 1.165) is 37.5 Å². The van der Waals surface area contributed by atoms with Gasteiger partial charge in [-0.05, 0) is 96.4 Å². The lowest BCUT2D eigenvalue weighted by atomic mass is 9.79. The Labute approximate surface area is 209 Å². The van der Waals surface area contributed by atoms with Gasteiger partial charge in [-0.3, -0.25) is 4.90 Å². The third kappa shape index (κ3) is 5.48. The summed E-state index contributed by atoms with van der Waals surface area (Å²) in [6.45, 7) is 4.19. The molecular weight excluding hydrogens is 442 g/mol. The number of rotatable bonds is 7. The predicted molar refractivity (Wildman–Crippen MR) is 143 cm³/mol. The highest BCUT2D eigenvalue weighted by molar-refractivity contribution is 6.00. The first kappa shape index (κ1) is 24.4. The quantitative estimate of drug-likeness (QED) is 0.371. The molecule has 0 aromatic heterocycles. The molecule has 0 amide bonds. The van der Waals surface area contributed by atoms with Gasteiger partial charge in [-0.2, -0.15) is 0 Å². The van der Waals surface area contributed by atoms with E-state index in [9.17, 15) is 0 Å². The second-order valence-electron chi connectivity index (χ2n) is 9.02. The molecule has 1 aliphatic heterocycles. The normalized spacial score (nSPS) is 15.9. The van der Waals surface area contributed by atoms with Crippen LogP contribution < -0.4 is 9.47 Å². The number of benzene rings is 3. The van der Waals surface area contributed by atoms with Gasteiger partial charge in [0.2, 0.25) is 0 Å². The summed E-state index contributed by atoms with van der Waals surface area (Å²) in [5.41, 5.74) is 7.93. The number of hydrogen-bond acceptors (Lipinski definition) is 3. The number of halogens is 1. The molecule has 34 heavy (non-hydrogen) atoms. The maximum Gasteiger partial charge on any atom is 0.119 e. The molecule has 3 nitrogen and oxygen atoms in total. The summed E-state index contributed by atoms with van der Waals surface area (Å²) >= 11 is 0. The highest BCUT2D eigenvalue weighted by Gasteiger charge is 2.22. The average molecular weight is 476 g/mol. The first-order valence-electron chi connectivity index (χ1n) is 12.2. The van der Waals surface area contributed by atoms with Gasteiger partial charge in [0, 0.05) is 6.54 Å². The SMILES string of the molecule is COc1ccc2c(c1)CCC(c1ccccc1)=C2c1ccc(OCCN2CCCCC2)cc1.Cl. The zero-order chi connectivity index (χ0) is 22.5. The summed E-state index contributed by atoms with van der Waals surface area (Å²) in [5.74, 6) is 1.87. The Morgan fingerprint density at radius 2 is 1.50 bits per heavy atom. The van der Waals surface area contributed by atoms with Gasteiger partial charge in [-0.15, -0.1) is 12.4 Å². The van der Waals surface area contributed by atoms with Crippen molar-refractivity contribution in [2.75, 3.05) is 33.4 Å².